The van der Waals surface area contributed by atoms with Crippen molar-refractivity contribution in [1.29, 1.82) is 0 Å². The van der Waals surface area contributed by atoms with Crippen LogP contribution in [0, 0.1) is 0 Å². The van der Waals surface area contributed by atoms with Gasteiger partial charge in [-0.25, -0.2) is 9.97 Å². The van der Waals surface area contributed by atoms with E-state index < -0.39 is 0 Å². The highest BCUT2D eigenvalue weighted by Gasteiger charge is 2.07. The van der Waals surface area contributed by atoms with Crippen LogP contribution in [0.25, 0.3) is 11.4 Å². The minimum atomic E-state index is 0.430. The van der Waals surface area contributed by atoms with Crippen molar-refractivity contribution >= 4 is 17.4 Å². The number of halogens is 1. The highest BCUT2D eigenvalue weighted by atomic mass is 35.5. The van der Waals surface area contributed by atoms with Crippen LogP contribution in [0.4, 0.5) is 5.82 Å². The molecule has 0 radical (unpaired) electrons. The number of rotatable bonds is 3. The third-order valence-corrected chi connectivity index (χ3v) is 2.68. The molecule has 0 unspecified atom stereocenters. The topological polar surface area (TPSA) is 38.2 Å². The number of ether oxygens (including phenoxy) is 1. The van der Waals surface area contributed by atoms with Gasteiger partial charge in [0.1, 0.15) is 16.7 Å². The van der Waals surface area contributed by atoms with Crippen LogP contribution in [0.15, 0.2) is 30.3 Å². The molecule has 2 aromatic rings. The van der Waals surface area contributed by atoms with Crippen molar-refractivity contribution in [2.45, 2.75) is 0 Å². The highest BCUT2D eigenvalue weighted by Crippen LogP contribution is 2.23. The van der Waals surface area contributed by atoms with Gasteiger partial charge in [0, 0.05) is 25.7 Å². The van der Waals surface area contributed by atoms with Gasteiger partial charge in [-0.3, -0.25) is 0 Å². The molecule has 0 spiro atoms. The molecule has 1 heterocycles. The number of hydrogen-bond acceptors (Lipinski definition) is 4. The Morgan fingerprint density at radius 3 is 2.33 bits per heavy atom. The van der Waals surface area contributed by atoms with Gasteiger partial charge in [-0.1, -0.05) is 11.6 Å². The molecule has 0 N–H and O–H groups in total. The summed E-state index contributed by atoms with van der Waals surface area (Å²) in [7, 11) is 5.46. The molecule has 1 aromatic heterocycles. The molecule has 2 rings (SSSR count). The molecule has 0 amide bonds. The fourth-order valence-corrected chi connectivity index (χ4v) is 1.68. The van der Waals surface area contributed by atoms with Crippen molar-refractivity contribution in [3.63, 3.8) is 0 Å². The Morgan fingerprint density at radius 2 is 1.78 bits per heavy atom. The molecule has 0 aliphatic carbocycles. The standard InChI is InChI=1S/C13H14ClN3O/c1-17(2)12-8-11(14)15-13(16-12)9-4-6-10(18-3)7-5-9/h4-8H,1-3H3. The second kappa shape index (κ2) is 5.23. The number of methoxy groups -OCH3 is 1. The Kier molecular flexibility index (Phi) is 3.67. The minimum absolute atomic E-state index is 0.430. The summed E-state index contributed by atoms with van der Waals surface area (Å²) in [6.07, 6.45) is 0. The van der Waals surface area contributed by atoms with E-state index in [1.165, 1.54) is 0 Å². The number of anilines is 1. The second-order valence-electron chi connectivity index (χ2n) is 4.00. The third-order valence-electron chi connectivity index (χ3n) is 2.49. The van der Waals surface area contributed by atoms with E-state index in [1.807, 2.05) is 43.3 Å². The van der Waals surface area contributed by atoms with E-state index in [0.29, 0.717) is 11.0 Å². The maximum atomic E-state index is 6.00. The average molecular weight is 264 g/mol. The van der Waals surface area contributed by atoms with Gasteiger partial charge in [0.15, 0.2) is 5.82 Å². The summed E-state index contributed by atoms with van der Waals surface area (Å²) in [5.74, 6) is 2.18. The van der Waals surface area contributed by atoms with E-state index in [1.54, 1.807) is 13.2 Å². The zero-order valence-electron chi connectivity index (χ0n) is 10.5. The van der Waals surface area contributed by atoms with Gasteiger partial charge in [-0.05, 0) is 24.3 Å². The molecule has 5 heteroatoms. The first kappa shape index (κ1) is 12.6. The molecule has 0 bridgehead atoms. The molecule has 4 nitrogen and oxygen atoms in total. The first-order valence-electron chi connectivity index (χ1n) is 5.46. The summed E-state index contributed by atoms with van der Waals surface area (Å²) in [5, 5.41) is 0.430. The SMILES string of the molecule is COc1ccc(-c2nc(Cl)cc(N(C)C)n2)cc1. The molecule has 0 saturated heterocycles. The third kappa shape index (κ3) is 2.71. The van der Waals surface area contributed by atoms with Gasteiger partial charge in [0.05, 0.1) is 7.11 Å². The first-order chi connectivity index (χ1) is 8.60. The van der Waals surface area contributed by atoms with Gasteiger partial charge >= 0.3 is 0 Å². The number of nitrogens with zero attached hydrogens (tertiary/aromatic N) is 3. The van der Waals surface area contributed by atoms with Crippen LogP contribution in [0.5, 0.6) is 5.75 Å². The van der Waals surface area contributed by atoms with Crippen molar-refractivity contribution in [3.05, 3.63) is 35.5 Å². The predicted molar refractivity (Wildman–Crippen MR) is 73.4 cm³/mol. The molecule has 0 fully saturated rings. The Balaban J connectivity index is 2.42. The lowest BCUT2D eigenvalue weighted by molar-refractivity contribution is 0.415. The van der Waals surface area contributed by atoms with E-state index in [2.05, 4.69) is 9.97 Å². The van der Waals surface area contributed by atoms with Crippen molar-refractivity contribution in [3.8, 4) is 17.1 Å². The Morgan fingerprint density at radius 1 is 1.11 bits per heavy atom. The maximum Gasteiger partial charge on any atom is 0.163 e. The fraction of sp³-hybridized carbons (Fsp3) is 0.231. The molecular formula is C13H14ClN3O. The Hall–Kier alpha value is -1.81. The molecule has 0 atom stereocenters. The molecule has 94 valence electrons. The first-order valence-corrected chi connectivity index (χ1v) is 5.84. The summed E-state index contributed by atoms with van der Waals surface area (Å²) in [6.45, 7) is 0. The molecular weight excluding hydrogens is 250 g/mol. The normalized spacial score (nSPS) is 10.2. The van der Waals surface area contributed by atoms with E-state index in [9.17, 15) is 0 Å². The van der Waals surface area contributed by atoms with E-state index in [0.717, 1.165) is 17.1 Å². The summed E-state index contributed by atoms with van der Waals surface area (Å²) < 4.78 is 5.12. The van der Waals surface area contributed by atoms with Crippen LogP contribution < -0.4 is 9.64 Å². The Bertz CT molecular complexity index is 540. The van der Waals surface area contributed by atoms with E-state index in [4.69, 9.17) is 16.3 Å². The predicted octanol–water partition coefficient (Wildman–Crippen LogP) is 2.87. The van der Waals surface area contributed by atoms with Crippen molar-refractivity contribution < 1.29 is 4.74 Å². The van der Waals surface area contributed by atoms with Crippen molar-refractivity contribution in [2.75, 3.05) is 26.1 Å². The van der Waals surface area contributed by atoms with Gasteiger partial charge in [0.25, 0.3) is 0 Å². The second-order valence-corrected chi connectivity index (χ2v) is 4.38. The van der Waals surface area contributed by atoms with Crippen LogP contribution in [-0.2, 0) is 0 Å². The number of benzene rings is 1. The van der Waals surface area contributed by atoms with E-state index in [-0.39, 0.29) is 0 Å². The molecule has 18 heavy (non-hydrogen) atoms. The quantitative estimate of drug-likeness (QED) is 0.798. The van der Waals surface area contributed by atoms with Gasteiger partial charge in [-0.15, -0.1) is 0 Å². The largest absolute Gasteiger partial charge is 0.497 e. The lowest BCUT2D eigenvalue weighted by atomic mass is 10.2. The van der Waals surface area contributed by atoms with Crippen molar-refractivity contribution in [2.24, 2.45) is 0 Å². The molecule has 0 saturated carbocycles. The lowest BCUT2D eigenvalue weighted by Gasteiger charge is -2.12. The van der Waals surface area contributed by atoms with Crippen LogP contribution >= 0.6 is 11.6 Å². The monoisotopic (exact) mass is 263 g/mol. The van der Waals surface area contributed by atoms with Crippen LogP contribution in [0.1, 0.15) is 0 Å². The van der Waals surface area contributed by atoms with Crippen LogP contribution in [0.3, 0.4) is 0 Å². The zero-order chi connectivity index (χ0) is 13.1. The number of hydrogen-bond donors (Lipinski definition) is 0. The van der Waals surface area contributed by atoms with E-state index >= 15 is 0 Å². The summed E-state index contributed by atoms with van der Waals surface area (Å²) in [5.41, 5.74) is 0.904. The van der Waals surface area contributed by atoms with Crippen molar-refractivity contribution in [1.82, 2.24) is 9.97 Å². The van der Waals surface area contributed by atoms with Gasteiger partial charge in [-0.2, -0.15) is 0 Å². The molecule has 0 aliphatic rings. The zero-order valence-corrected chi connectivity index (χ0v) is 11.3. The minimum Gasteiger partial charge on any atom is -0.497 e. The highest BCUT2D eigenvalue weighted by molar-refractivity contribution is 6.29. The van der Waals surface area contributed by atoms with Gasteiger partial charge < -0.3 is 9.64 Å². The summed E-state index contributed by atoms with van der Waals surface area (Å²) in [6, 6.07) is 9.28. The number of aromatic nitrogens is 2. The summed E-state index contributed by atoms with van der Waals surface area (Å²) in [4.78, 5) is 10.6. The van der Waals surface area contributed by atoms with Gasteiger partial charge in [0.2, 0.25) is 0 Å². The fourth-order valence-electron chi connectivity index (χ4n) is 1.50. The van der Waals surface area contributed by atoms with Crippen LogP contribution in [0.2, 0.25) is 5.15 Å². The lowest BCUT2D eigenvalue weighted by Crippen LogP contribution is -2.11. The van der Waals surface area contributed by atoms with Crippen LogP contribution in [-0.4, -0.2) is 31.2 Å². The maximum absolute atomic E-state index is 6.00. The average Bonchev–Trinajstić information content (AvgIpc) is 2.38. The molecule has 0 aliphatic heterocycles. The smallest absolute Gasteiger partial charge is 0.163 e. The Labute approximate surface area is 111 Å². The summed E-state index contributed by atoms with van der Waals surface area (Å²) >= 11 is 6.00. The molecule has 1 aromatic carbocycles.